The monoisotopic (exact) mass is 247 g/mol. The summed E-state index contributed by atoms with van der Waals surface area (Å²) in [5.41, 5.74) is 4.44. The third-order valence-corrected chi connectivity index (χ3v) is 3.73. The number of hydrogen-bond acceptors (Lipinski definition) is 3. The van der Waals surface area contributed by atoms with E-state index in [2.05, 4.69) is 30.1 Å². The van der Waals surface area contributed by atoms with Crippen LogP contribution in [-0.2, 0) is 12.8 Å². The van der Waals surface area contributed by atoms with Gasteiger partial charge in [0.25, 0.3) is 0 Å². The Kier molecular flexibility index (Phi) is 4.29. The second-order valence-corrected chi connectivity index (χ2v) is 5.26. The second-order valence-electron chi connectivity index (χ2n) is 4.29. The van der Waals surface area contributed by atoms with E-state index in [4.69, 9.17) is 0 Å². The number of aliphatic hydroxyl groups excluding tert-OH is 1. The van der Waals surface area contributed by atoms with Crippen LogP contribution in [-0.4, -0.2) is 16.2 Å². The molecule has 2 aromatic rings. The molecule has 0 saturated heterocycles. The van der Waals surface area contributed by atoms with Crippen LogP contribution in [0.15, 0.2) is 36.0 Å². The van der Waals surface area contributed by atoms with Crippen molar-refractivity contribution in [3.63, 3.8) is 0 Å². The van der Waals surface area contributed by atoms with Crippen LogP contribution >= 0.6 is 11.3 Å². The number of benzene rings is 1. The van der Waals surface area contributed by atoms with Crippen molar-refractivity contribution in [3.8, 4) is 0 Å². The van der Waals surface area contributed by atoms with Crippen LogP contribution in [0.4, 0.5) is 0 Å². The number of rotatable bonds is 5. The minimum atomic E-state index is -0.268. The van der Waals surface area contributed by atoms with Crippen LogP contribution in [0.1, 0.15) is 22.4 Å². The third-order valence-electron chi connectivity index (χ3n) is 2.93. The molecule has 2 rings (SSSR count). The van der Waals surface area contributed by atoms with Crippen LogP contribution in [0.5, 0.6) is 0 Å². The van der Waals surface area contributed by atoms with Crippen LogP contribution in [0.25, 0.3) is 0 Å². The molecule has 17 heavy (non-hydrogen) atoms. The molecule has 1 aromatic heterocycles. The van der Waals surface area contributed by atoms with Crippen molar-refractivity contribution >= 4 is 11.3 Å². The van der Waals surface area contributed by atoms with E-state index < -0.39 is 0 Å². The summed E-state index contributed by atoms with van der Waals surface area (Å²) in [6, 6.07) is 8.35. The van der Waals surface area contributed by atoms with Crippen LogP contribution in [0, 0.1) is 6.92 Å². The van der Waals surface area contributed by atoms with E-state index in [1.165, 1.54) is 11.1 Å². The van der Waals surface area contributed by atoms with E-state index in [-0.39, 0.29) is 6.10 Å². The fourth-order valence-corrected chi connectivity index (χ4v) is 2.56. The van der Waals surface area contributed by atoms with E-state index in [1.807, 2.05) is 17.8 Å². The van der Waals surface area contributed by atoms with Gasteiger partial charge in [0.15, 0.2) is 0 Å². The summed E-state index contributed by atoms with van der Waals surface area (Å²) in [4.78, 5) is 5.17. The van der Waals surface area contributed by atoms with Crippen molar-refractivity contribution in [2.75, 3.05) is 0 Å². The average Bonchev–Trinajstić information content (AvgIpc) is 2.81. The molecule has 0 aliphatic carbocycles. The van der Waals surface area contributed by atoms with Gasteiger partial charge >= 0.3 is 0 Å². The number of aryl methyl sites for hydroxylation is 2. The maximum atomic E-state index is 9.95. The standard InChI is InChI=1S/C14H17NOS/c1-11-4-2-3-5-12(11)6-7-13(16)8-14-9-15-10-17-14/h2-5,9-10,13,16H,6-8H2,1H3. The van der Waals surface area contributed by atoms with Crippen LogP contribution in [0.2, 0.25) is 0 Å². The molecule has 0 amide bonds. The van der Waals surface area contributed by atoms with Crippen molar-refractivity contribution in [2.24, 2.45) is 0 Å². The summed E-state index contributed by atoms with van der Waals surface area (Å²) in [5.74, 6) is 0. The highest BCUT2D eigenvalue weighted by Gasteiger charge is 2.08. The summed E-state index contributed by atoms with van der Waals surface area (Å²) in [5, 5.41) is 9.95. The van der Waals surface area contributed by atoms with Gasteiger partial charge in [-0.3, -0.25) is 4.98 Å². The molecule has 0 spiro atoms. The highest BCUT2D eigenvalue weighted by atomic mass is 32.1. The quantitative estimate of drug-likeness (QED) is 0.881. The lowest BCUT2D eigenvalue weighted by atomic mass is 10.0. The molecule has 1 aromatic carbocycles. The summed E-state index contributed by atoms with van der Waals surface area (Å²) in [7, 11) is 0. The first-order chi connectivity index (χ1) is 8.25. The number of aliphatic hydroxyl groups is 1. The highest BCUT2D eigenvalue weighted by molar-refractivity contribution is 7.09. The zero-order valence-corrected chi connectivity index (χ0v) is 10.8. The van der Waals surface area contributed by atoms with E-state index in [1.54, 1.807) is 11.3 Å². The van der Waals surface area contributed by atoms with Crippen molar-refractivity contribution in [1.82, 2.24) is 4.98 Å². The minimum absolute atomic E-state index is 0.268. The Labute approximate surface area is 106 Å². The molecule has 0 bridgehead atoms. The minimum Gasteiger partial charge on any atom is -0.393 e. The molecular weight excluding hydrogens is 230 g/mol. The van der Waals surface area contributed by atoms with Gasteiger partial charge in [-0.25, -0.2) is 0 Å². The molecular formula is C14H17NOS. The molecule has 0 aliphatic heterocycles. The third kappa shape index (κ3) is 3.65. The normalized spacial score (nSPS) is 12.6. The topological polar surface area (TPSA) is 33.1 Å². The number of aromatic nitrogens is 1. The molecule has 1 unspecified atom stereocenters. The van der Waals surface area contributed by atoms with Crippen LogP contribution < -0.4 is 0 Å². The molecule has 2 nitrogen and oxygen atoms in total. The maximum absolute atomic E-state index is 9.95. The van der Waals surface area contributed by atoms with Gasteiger partial charge < -0.3 is 5.11 Å². The van der Waals surface area contributed by atoms with Gasteiger partial charge in [0, 0.05) is 17.5 Å². The van der Waals surface area contributed by atoms with E-state index in [0.717, 1.165) is 24.1 Å². The summed E-state index contributed by atoms with van der Waals surface area (Å²) in [6.45, 7) is 2.12. The number of nitrogens with zero attached hydrogens (tertiary/aromatic N) is 1. The number of thiazole rings is 1. The molecule has 1 atom stereocenters. The van der Waals surface area contributed by atoms with Crippen molar-refractivity contribution in [2.45, 2.75) is 32.3 Å². The zero-order chi connectivity index (χ0) is 12.1. The fraction of sp³-hybridized carbons (Fsp3) is 0.357. The zero-order valence-electron chi connectivity index (χ0n) is 9.97. The lowest BCUT2D eigenvalue weighted by Gasteiger charge is -2.10. The largest absolute Gasteiger partial charge is 0.393 e. The van der Waals surface area contributed by atoms with Gasteiger partial charge in [-0.05, 0) is 30.9 Å². The van der Waals surface area contributed by atoms with Crippen molar-refractivity contribution < 1.29 is 5.11 Å². The first-order valence-corrected chi connectivity index (χ1v) is 6.73. The fourth-order valence-electron chi connectivity index (χ4n) is 1.89. The Morgan fingerprint density at radius 3 is 2.88 bits per heavy atom. The maximum Gasteiger partial charge on any atom is 0.0794 e. The second kappa shape index (κ2) is 5.94. The Balaban J connectivity index is 1.84. The van der Waals surface area contributed by atoms with Gasteiger partial charge in [-0.2, -0.15) is 0 Å². The SMILES string of the molecule is Cc1ccccc1CCC(O)Cc1cncs1. The summed E-state index contributed by atoms with van der Waals surface area (Å²) >= 11 is 1.60. The summed E-state index contributed by atoms with van der Waals surface area (Å²) in [6.07, 6.45) is 4.03. The Morgan fingerprint density at radius 1 is 1.35 bits per heavy atom. The smallest absolute Gasteiger partial charge is 0.0794 e. The first-order valence-electron chi connectivity index (χ1n) is 5.85. The van der Waals surface area contributed by atoms with E-state index in [0.29, 0.717) is 0 Å². The van der Waals surface area contributed by atoms with Crippen molar-refractivity contribution in [1.29, 1.82) is 0 Å². The predicted octanol–water partition coefficient (Wildman–Crippen LogP) is 2.99. The van der Waals surface area contributed by atoms with Gasteiger partial charge in [-0.15, -0.1) is 11.3 Å². The Morgan fingerprint density at radius 2 is 2.18 bits per heavy atom. The van der Waals surface area contributed by atoms with Gasteiger partial charge in [0.2, 0.25) is 0 Å². The van der Waals surface area contributed by atoms with Gasteiger partial charge in [0.05, 0.1) is 11.6 Å². The number of hydrogen-bond donors (Lipinski definition) is 1. The molecule has 0 aliphatic rings. The molecule has 90 valence electrons. The Hall–Kier alpha value is -1.19. The molecule has 1 heterocycles. The Bertz CT molecular complexity index is 453. The molecule has 1 N–H and O–H groups in total. The molecule has 0 fully saturated rings. The van der Waals surface area contributed by atoms with E-state index in [9.17, 15) is 5.11 Å². The molecule has 3 heteroatoms. The average molecular weight is 247 g/mol. The van der Waals surface area contributed by atoms with Crippen LogP contribution in [0.3, 0.4) is 0 Å². The van der Waals surface area contributed by atoms with E-state index >= 15 is 0 Å². The lowest BCUT2D eigenvalue weighted by Crippen LogP contribution is -2.11. The molecule has 0 saturated carbocycles. The van der Waals surface area contributed by atoms with Gasteiger partial charge in [-0.1, -0.05) is 24.3 Å². The highest BCUT2D eigenvalue weighted by Crippen LogP contribution is 2.14. The molecule has 0 radical (unpaired) electrons. The first kappa shape index (κ1) is 12.3. The summed E-state index contributed by atoms with van der Waals surface area (Å²) < 4.78 is 0. The lowest BCUT2D eigenvalue weighted by molar-refractivity contribution is 0.166. The predicted molar refractivity (Wildman–Crippen MR) is 71.3 cm³/mol. The van der Waals surface area contributed by atoms with Crippen molar-refractivity contribution in [3.05, 3.63) is 52.0 Å². The van der Waals surface area contributed by atoms with Gasteiger partial charge in [0.1, 0.15) is 0 Å².